The second-order valence-electron chi connectivity index (χ2n) is 11.6. The van der Waals surface area contributed by atoms with Crippen LogP contribution in [-0.4, -0.2) is 62.6 Å². The molecule has 3 unspecified atom stereocenters. The van der Waals surface area contributed by atoms with Crippen molar-refractivity contribution >= 4 is 5.78 Å². The number of rotatable bonds is 12. The fourth-order valence-corrected chi connectivity index (χ4v) is 6.11. The summed E-state index contributed by atoms with van der Waals surface area (Å²) in [4.78, 5) is 21.1. The number of benzene rings is 3. The van der Waals surface area contributed by atoms with Crippen LogP contribution < -0.4 is 4.74 Å². The Labute approximate surface area is 250 Å². The summed E-state index contributed by atoms with van der Waals surface area (Å²) in [6.07, 6.45) is 4.00. The molecule has 0 radical (unpaired) electrons. The fourth-order valence-electron chi connectivity index (χ4n) is 6.11. The Kier molecular flexibility index (Phi) is 9.82. The highest BCUT2D eigenvalue weighted by molar-refractivity contribution is 5.75. The van der Waals surface area contributed by atoms with Gasteiger partial charge in [-0.15, -0.1) is 0 Å². The van der Waals surface area contributed by atoms with Crippen molar-refractivity contribution in [3.05, 3.63) is 102 Å². The van der Waals surface area contributed by atoms with Crippen molar-refractivity contribution in [3.63, 3.8) is 0 Å². The number of unbranched alkanes of at least 4 members (excludes halogenated alkanes) is 1. The molecule has 42 heavy (non-hydrogen) atoms. The Hall–Kier alpha value is -3.81. The molecule has 7 nitrogen and oxygen atoms in total. The number of aryl methyl sites for hydroxylation is 1. The first-order valence-corrected chi connectivity index (χ1v) is 15.1. The molecule has 0 spiro atoms. The number of methoxy groups -OCH3 is 1. The Bertz CT molecular complexity index is 1440. The number of carbonyl (C=O) groups is 1. The summed E-state index contributed by atoms with van der Waals surface area (Å²) in [7, 11) is 1.73. The van der Waals surface area contributed by atoms with E-state index in [4.69, 9.17) is 4.74 Å². The van der Waals surface area contributed by atoms with Gasteiger partial charge in [0, 0.05) is 50.2 Å². The number of aromatic nitrogens is 3. The lowest BCUT2D eigenvalue weighted by atomic mass is 9.92. The van der Waals surface area contributed by atoms with Crippen LogP contribution in [0.25, 0.3) is 11.4 Å². The summed E-state index contributed by atoms with van der Waals surface area (Å²) in [5, 5.41) is 4.46. The van der Waals surface area contributed by atoms with Crippen LogP contribution in [0, 0.1) is 0 Å². The van der Waals surface area contributed by atoms with Crippen LogP contribution in [0.15, 0.2) is 85.2 Å². The lowest BCUT2D eigenvalue weighted by Gasteiger charge is -2.47. The molecule has 0 N–H and O–H groups in total. The summed E-state index contributed by atoms with van der Waals surface area (Å²) >= 11 is 0. The van der Waals surface area contributed by atoms with Crippen molar-refractivity contribution in [2.75, 3.05) is 20.2 Å². The van der Waals surface area contributed by atoms with Crippen LogP contribution >= 0.6 is 0 Å². The maximum atomic E-state index is 11.3. The van der Waals surface area contributed by atoms with E-state index < -0.39 is 0 Å². The smallest absolute Gasteiger partial charge is 0.158 e. The number of piperazine rings is 1. The molecule has 1 aliphatic heterocycles. The summed E-state index contributed by atoms with van der Waals surface area (Å²) in [5.74, 6) is 1.96. The molecule has 0 aliphatic carbocycles. The van der Waals surface area contributed by atoms with Gasteiger partial charge in [0.1, 0.15) is 17.9 Å². The number of carbonyl (C=O) groups excluding carboxylic acids is 1. The van der Waals surface area contributed by atoms with E-state index in [9.17, 15) is 4.79 Å². The van der Waals surface area contributed by atoms with Gasteiger partial charge >= 0.3 is 0 Å². The van der Waals surface area contributed by atoms with E-state index in [0.717, 1.165) is 56.2 Å². The van der Waals surface area contributed by atoms with Crippen LogP contribution in [0.4, 0.5) is 0 Å². The zero-order valence-electron chi connectivity index (χ0n) is 25.3. The van der Waals surface area contributed by atoms with Gasteiger partial charge in [0.05, 0.1) is 13.2 Å². The molecule has 0 bridgehead atoms. The van der Waals surface area contributed by atoms with Crippen molar-refractivity contribution in [2.24, 2.45) is 0 Å². The van der Waals surface area contributed by atoms with Gasteiger partial charge in [-0.05, 0) is 62.4 Å². The Morgan fingerprint density at radius 1 is 0.929 bits per heavy atom. The van der Waals surface area contributed by atoms with Crippen molar-refractivity contribution < 1.29 is 9.53 Å². The molecule has 1 aromatic heterocycles. The van der Waals surface area contributed by atoms with Crippen molar-refractivity contribution in [1.29, 1.82) is 0 Å². The van der Waals surface area contributed by atoms with Crippen LogP contribution in [0.5, 0.6) is 5.75 Å². The Balaban J connectivity index is 1.39. The van der Waals surface area contributed by atoms with Crippen molar-refractivity contribution in [1.82, 2.24) is 24.6 Å². The summed E-state index contributed by atoms with van der Waals surface area (Å²) in [5.41, 5.74) is 4.87. The minimum atomic E-state index is 0.0925. The van der Waals surface area contributed by atoms with Gasteiger partial charge in [0.2, 0.25) is 0 Å². The normalized spacial score (nSPS) is 18.6. The third-order valence-electron chi connectivity index (χ3n) is 8.38. The van der Waals surface area contributed by atoms with Crippen molar-refractivity contribution in [2.45, 2.75) is 71.2 Å². The third kappa shape index (κ3) is 7.15. The molecule has 1 aliphatic rings. The van der Waals surface area contributed by atoms with Gasteiger partial charge < -0.3 is 9.53 Å². The number of ketones is 1. The summed E-state index contributed by atoms with van der Waals surface area (Å²) in [6, 6.07) is 28.9. The fraction of sp³-hybridized carbons (Fsp3) is 0.400. The SMILES string of the molecule is COc1cccc(C(c2ccc(-c3ncnn3CCCCC(C)=O)cc2)N2CC(C)N(Cc3ccccc3)CC2C)c1. The molecule has 220 valence electrons. The number of hydrogen-bond acceptors (Lipinski definition) is 6. The van der Waals surface area contributed by atoms with Gasteiger partial charge in [0.25, 0.3) is 0 Å². The van der Waals surface area contributed by atoms with Gasteiger partial charge in [-0.25, -0.2) is 9.67 Å². The molecule has 5 rings (SSSR count). The highest BCUT2D eigenvalue weighted by atomic mass is 16.5. The van der Waals surface area contributed by atoms with Crippen LogP contribution in [0.1, 0.15) is 62.8 Å². The zero-order valence-corrected chi connectivity index (χ0v) is 25.3. The number of hydrogen-bond donors (Lipinski definition) is 0. The zero-order chi connectivity index (χ0) is 29.5. The minimum Gasteiger partial charge on any atom is -0.497 e. The molecule has 0 saturated carbocycles. The van der Waals surface area contributed by atoms with E-state index >= 15 is 0 Å². The average molecular weight is 566 g/mol. The predicted octanol–water partition coefficient (Wildman–Crippen LogP) is 6.40. The number of ether oxygens (including phenoxy) is 1. The molecule has 3 atom stereocenters. The molecule has 1 fully saturated rings. The van der Waals surface area contributed by atoms with E-state index in [2.05, 4.69) is 107 Å². The number of Topliss-reactive ketones (excluding diaryl/α,β-unsaturated/α-hetero) is 1. The molecular weight excluding hydrogens is 522 g/mol. The highest BCUT2D eigenvalue weighted by Crippen LogP contribution is 2.36. The monoisotopic (exact) mass is 565 g/mol. The molecule has 7 heteroatoms. The number of nitrogens with zero attached hydrogens (tertiary/aromatic N) is 5. The van der Waals surface area contributed by atoms with E-state index in [0.29, 0.717) is 18.5 Å². The van der Waals surface area contributed by atoms with Crippen LogP contribution in [0.3, 0.4) is 0 Å². The second-order valence-corrected chi connectivity index (χ2v) is 11.6. The first-order chi connectivity index (χ1) is 20.4. The first-order valence-electron chi connectivity index (χ1n) is 15.1. The molecule has 4 aromatic rings. The van der Waals surface area contributed by atoms with Gasteiger partial charge in [-0.3, -0.25) is 9.80 Å². The topological polar surface area (TPSA) is 63.5 Å². The standard InChI is InChI=1S/C35H43N5O2/c1-26-23-39(27(2)22-38(26)24-29-12-6-5-7-13-29)34(32-14-10-15-33(21-32)42-4)30-16-18-31(19-17-30)35-36-25-37-40(35)20-9-8-11-28(3)41/h5-7,10,12-19,21,25-27,34H,8-9,11,20,22-24H2,1-4H3. The van der Waals surface area contributed by atoms with Crippen LogP contribution in [-0.2, 0) is 17.9 Å². The predicted molar refractivity (Wildman–Crippen MR) is 167 cm³/mol. The van der Waals surface area contributed by atoms with Gasteiger partial charge in [-0.1, -0.05) is 66.7 Å². The van der Waals surface area contributed by atoms with E-state index in [1.54, 1.807) is 20.4 Å². The largest absolute Gasteiger partial charge is 0.497 e. The Morgan fingerprint density at radius 2 is 1.71 bits per heavy atom. The molecule has 3 aromatic carbocycles. The van der Waals surface area contributed by atoms with Crippen LogP contribution in [0.2, 0.25) is 0 Å². The lowest BCUT2D eigenvalue weighted by molar-refractivity contribution is -0.117. The second kappa shape index (κ2) is 13.9. The highest BCUT2D eigenvalue weighted by Gasteiger charge is 2.35. The molecule has 1 saturated heterocycles. The Morgan fingerprint density at radius 3 is 2.45 bits per heavy atom. The average Bonchev–Trinajstić information content (AvgIpc) is 3.47. The van der Waals surface area contributed by atoms with Gasteiger partial charge in [-0.2, -0.15) is 5.10 Å². The van der Waals surface area contributed by atoms with E-state index in [-0.39, 0.29) is 11.8 Å². The van der Waals surface area contributed by atoms with E-state index in [1.165, 1.54) is 16.7 Å². The molecule has 2 heterocycles. The molecular formula is C35H43N5O2. The quantitative estimate of drug-likeness (QED) is 0.185. The maximum Gasteiger partial charge on any atom is 0.158 e. The third-order valence-corrected chi connectivity index (χ3v) is 8.38. The molecule has 0 amide bonds. The first kappa shape index (κ1) is 29.7. The lowest BCUT2D eigenvalue weighted by Crippen LogP contribution is -2.56. The minimum absolute atomic E-state index is 0.0925. The maximum absolute atomic E-state index is 11.3. The summed E-state index contributed by atoms with van der Waals surface area (Å²) in [6.45, 7) is 10.0. The van der Waals surface area contributed by atoms with Gasteiger partial charge in [0.15, 0.2) is 5.82 Å². The van der Waals surface area contributed by atoms with E-state index in [1.807, 2.05) is 10.7 Å². The summed E-state index contributed by atoms with van der Waals surface area (Å²) < 4.78 is 7.58. The van der Waals surface area contributed by atoms with Crippen molar-refractivity contribution in [3.8, 4) is 17.1 Å².